The lowest BCUT2D eigenvalue weighted by Crippen LogP contribution is -2.31. The van der Waals surface area contributed by atoms with Gasteiger partial charge in [0.1, 0.15) is 19.4 Å². The molecule has 196 valence electrons. The zero-order chi connectivity index (χ0) is 27.8. The zero-order valence-electron chi connectivity index (χ0n) is 22.6. The average molecular weight is 527 g/mol. The third-order valence-corrected chi connectivity index (χ3v) is 7.34. The fourth-order valence-electron chi connectivity index (χ4n) is 5.36. The molecule has 0 bridgehead atoms. The van der Waals surface area contributed by atoms with Crippen molar-refractivity contribution in [1.82, 2.24) is 0 Å². The number of para-hydroxylation sites is 1. The van der Waals surface area contributed by atoms with Crippen molar-refractivity contribution in [3.8, 4) is 5.75 Å². The summed E-state index contributed by atoms with van der Waals surface area (Å²) in [5.41, 5.74) is 5.08. The molecule has 0 aliphatic heterocycles. The molecule has 0 saturated heterocycles. The summed E-state index contributed by atoms with van der Waals surface area (Å²) < 4.78 is 13.7. The van der Waals surface area contributed by atoms with Crippen LogP contribution in [0.25, 0.3) is 32.6 Å². The standard InChI is InChI=1S/C35H28NO4/c1-22-17-27(34(37)39-21-24-11-5-4-6-12-24)18-23(2)33(22)40-35(38)32-28-15-9-10-16-30(28)36(3)31-20-26-14-8-7-13-25(26)19-29(31)32/h4-20H,21H2,1-3H3/q+1. The number of carbonyl (C=O) groups is 2. The Labute approximate surface area is 232 Å². The molecule has 5 heteroatoms. The van der Waals surface area contributed by atoms with Crippen LogP contribution in [0.15, 0.2) is 103 Å². The number of carbonyl (C=O) groups excluding carboxylic acids is 2. The van der Waals surface area contributed by atoms with E-state index < -0.39 is 11.9 Å². The summed E-state index contributed by atoms with van der Waals surface area (Å²) in [6, 6.07) is 33.1. The molecule has 6 rings (SSSR count). The van der Waals surface area contributed by atoms with E-state index in [2.05, 4.69) is 22.8 Å². The van der Waals surface area contributed by atoms with Crippen molar-refractivity contribution in [2.75, 3.05) is 0 Å². The number of hydrogen-bond donors (Lipinski definition) is 0. The number of benzene rings is 5. The molecule has 5 aromatic carbocycles. The van der Waals surface area contributed by atoms with Gasteiger partial charge in [0, 0.05) is 12.1 Å². The summed E-state index contributed by atoms with van der Waals surface area (Å²) in [4.78, 5) is 26.7. The van der Waals surface area contributed by atoms with E-state index in [4.69, 9.17) is 9.47 Å². The number of esters is 2. The molecule has 0 amide bonds. The highest BCUT2D eigenvalue weighted by Crippen LogP contribution is 2.32. The van der Waals surface area contributed by atoms with Crippen molar-refractivity contribution >= 4 is 44.5 Å². The maximum absolute atomic E-state index is 13.9. The summed E-state index contributed by atoms with van der Waals surface area (Å²) >= 11 is 0. The fourth-order valence-corrected chi connectivity index (χ4v) is 5.36. The molecule has 0 unspecified atom stereocenters. The molecule has 0 N–H and O–H groups in total. The number of aromatic nitrogens is 1. The maximum atomic E-state index is 13.9. The minimum absolute atomic E-state index is 0.189. The Balaban J connectivity index is 1.38. The minimum Gasteiger partial charge on any atom is -0.457 e. The first kappa shape index (κ1) is 25.3. The van der Waals surface area contributed by atoms with Crippen LogP contribution in [0.3, 0.4) is 0 Å². The van der Waals surface area contributed by atoms with Gasteiger partial charge in [0.05, 0.1) is 21.9 Å². The Bertz CT molecular complexity index is 1920. The lowest BCUT2D eigenvalue weighted by Gasteiger charge is -2.15. The molecule has 0 aliphatic rings. The molecule has 5 nitrogen and oxygen atoms in total. The topological polar surface area (TPSA) is 56.5 Å². The summed E-state index contributed by atoms with van der Waals surface area (Å²) in [6.45, 7) is 3.85. The van der Waals surface area contributed by atoms with Gasteiger partial charge >= 0.3 is 11.9 Å². The monoisotopic (exact) mass is 526 g/mol. The fraction of sp³-hybridized carbons (Fsp3) is 0.114. The highest BCUT2D eigenvalue weighted by Gasteiger charge is 2.25. The highest BCUT2D eigenvalue weighted by atomic mass is 16.5. The van der Waals surface area contributed by atoms with Gasteiger partial charge in [-0.05, 0) is 65.6 Å². The van der Waals surface area contributed by atoms with Gasteiger partial charge < -0.3 is 9.47 Å². The van der Waals surface area contributed by atoms with Gasteiger partial charge in [-0.15, -0.1) is 0 Å². The van der Waals surface area contributed by atoms with Gasteiger partial charge in [-0.3, -0.25) is 0 Å². The first-order chi connectivity index (χ1) is 19.4. The molecule has 0 spiro atoms. The Hall–Kier alpha value is -5.03. The summed E-state index contributed by atoms with van der Waals surface area (Å²) in [6.07, 6.45) is 0. The van der Waals surface area contributed by atoms with E-state index in [0.717, 1.165) is 38.1 Å². The highest BCUT2D eigenvalue weighted by molar-refractivity contribution is 6.15. The molecule has 1 heterocycles. The second-order valence-corrected chi connectivity index (χ2v) is 10.1. The second-order valence-electron chi connectivity index (χ2n) is 10.1. The number of rotatable bonds is 5. The van der Waals surface area contributed by atoms with Gasteiger partial charge in [0.25, 0.3) is 0 Å². The van der Waals surface area contributed by atoms with E-state index >= 15 is 0 Å². The van der Waals surface area contributed by atoms with Crippen molar-refractivity contribution in [3.05, 3.63) is 131 Å². The summed E-state index contributed by atoms with van der Waals surface area (Å²) in [5, 5.41) is 3.78. The van der Waals surface area contributed by atoms with Crippen LogP contribution in [0.1, 0.15) is 37.4 Å². The Morgan fingerprint density at radius 1 is 0.675 bits per heavy atom. The molecule has 0 saturated carbocycles. The van der Waals surface area contributed by atoms with Crippen molar-refractivity contribution in [1.29, 1.82) is 0 Å². The lowest BCUT2D eigenvalue weighted by atomic mass is 9.98. The SMILES string of the molecule is Cc1cc(C(=O)OCc2ccccc2)cc(C)c1OC(=O)c1c2ccccc2[n+](C)c2cc3ccccc3cc12. The van der Waals surface area contributed by atoms with Crippen molar-refractivity contribution in [2.24, 2.45) is 7.05 Å². The lowest BCUT2D eigenvalue weighted by molar-refractivity contribution is -0.617. The predicted octanol–water partition coefficient (Wildman–Crippen LogP) is 7.16. The van der Waals surface area contributed by atoms with Crippen LogP contribution in [0.5, 0.6) is 5.75 Å². The number of pyridine rings is 1. The maximum Gasteiger partial charge on any atom is 0.345 e. The number of nitrogens with zero attached hydrogens (tertiary/aromatic N) is 1. The number of ether oxygens (including phenoxy) is 2. The third kappa shape index (κ3) is 4.56. The molecule has 0 atom stereocenters. The van der Waals surface area contributed by atoms with Crippen molar-refractivity contribution in [2.45, 2.75) is 20.5 Å². The number of hydrogen-bond acceptors (Lipinski definition) is 4. The molecule has 6 aromatic rings. The van der Waals surface area contributed by atoms with E-state index in [1.54, 1.807) is 12.1 Å². The van der Waals surface area contributed by atoms with Crippen molar-refractivity contribution < 1.29 is 23.6 Å². The van der Waals surface area contributed by atoms with Gasteiger partial charge in [-0.2, -0.15) is 4.57 Å². The molecule has 1 aromatic heterocycles. The van der Waals surface area contributed by atoms with Gasteiger partial charge in [-0.1, -0.05) is 66.7 Å². The largest absolute Gasteiger partial charge is 0.457 e. The van der Waals surface area contributed by atoms with Crippen LogP contribution in [-0.2, 0) is 18.4 Å². The molecule has 40 heavy (non-hydrogen) atoms. The third-order valence-electron chi connectivity index (χ3n) is 7.34. The minimum atomic E-state index is -0.442. The van der Waals surface area contributed by atoms with Crippen LogP contribution in [0.4, 0.5) is 0 Å². The van der Waals surface area contributed by atoms with Crippen LogP contribution in [0.2, 0.25) is 0 Å². The quantitative estimate of drug-likeness (QED) is 0.103. The average Bonchev–Trinajstić information content (AvgIpc) is 2.97. The van der Waals surface area contributed by atoms with Crippen LogP contribution in [0, 0.1) is 13.8 Å². The number of fused-ring (bicyclic) bond motifs is 3. The first-order valence-electron chi connectivity index (χ1n) is 13.2. The van der Waals surface area contributed by atoms with E-state index in [1.165, 1.54) is 0 Å². The molecule has 0 aliphatic carbocycles. The van der Waals surface area contributed by atoms with Gasteiger partial charge in [0.15, 0.2) is 0 Å². The first-order valence-corrected chi connectivity index (χ1v) is 13.2. The smallest absolute Gasteiger partial charge is 0.345 e. The van der Waals surface area contributed by atoms with Gasteiger partial charge in [0.2, 0.25) is 11.0 Å². The molecular formula is C35H28NO4+. The van der Waals surface area contributed by atoms with Crippen LogP contribution < -0.4 is 9.30 Å². The van der Waals surface area contributed by atoms with Crippen LogP contribution in [-0.4, -0.2) is 11.9 Å². The summed E-state index contributed by atoms with van der Waals surface area (Å²) in [7, 11) is 2.01. The van der Waals surface area contributed by atoms with E-state index in [-0.39, 0.29) is 6.61 Å². The molecular weight excluding hydrogens is 498 g/mol. The predicted molar refractivity (Wildman–Crippen MR) is 157 cm³/mol. The molecule has 0 fully saturated rings. The molecule has 0 radical (unpaired) electrons. The Kier molecular flexibility index (Phi) is 6.48. The van der Waals surface area contributed by atoms with Gasteiger partial charge in [-0.25, -0.2) is 9.59 Å². The van der Waals surface area contributed by atoms with E-state index in [1.807, 2.05) is 93.7 Å². The van der Waals surface area contributed by atoms with E-state index in [9.17, 15) is 9.59 Å². The zero-order valence-corrected chi connectivity index (χ0v) is 22.6. The normalized spacial score (nSPS) is 11.2. The van der Waals surface area contributed by atoms with Crippen molar-refractivity contribution in [3.63, 3.8) is 0 Å². The Morgan fingerprint density at radius 3 is 2.02 bits per heavy atom. The number of aryl methyl sites for hydroxylation is 3. The van der Waals surface area contributed by atoms with E-state index in [0.29, 0.717) is 28.0 Å². The Morgan fingerprint density at radius 2 is 1.30 bits per heavy atom. The summed E-state index contributed by atoms with van der Waals surface area (Å²) in [5.74, 6) is -0.425. The van der Waals surface area contributed by atoms with Crippen LogP contribution >= 0.6 is 0 Å². The second kappa shape index (κ2) is 10.3.